The number of carbonyl (C=O) groups excluding carboxylic acids is 3. The molecule has 2 aliphatic rings. The maximum Gasteiger partial charge on any atom is 0.281 e. The molecule has 4 rings (SSSR count). The van der Waals surface area contributed by atoms with Crippen LogP contribution in [0.5, 0.6) is 5.75 Å². The van der Waals surface area contributed by atoms with Crippen LogP contribution in [-0.4, -0.2) is 42.3 Å². The van der Waals surface area contributed by atoms with Crippen LogP contribution in [0.4, 0.5) is 5.69 Å². The molecule has 0 spiro atoms. The summed E-state index contributed by atoms with van der Waals surface area (Å²) in [6, 6.07) is 14.1. The van der Waals surface area contributed by atoms with Crippen molar-refractivity contribution in [3.8, 4) is 5.75 Å². The van der Waals surface area contributed by atoms with E-state index in [1.165, 1.54) is 11.0 Å². The number of nitrogens with zero attached hydrogens (tertiary/aromatic N) is 2. The molecule has 0 bridgehead atoms. The Morgan fingerprint density at radius 2 is 1.70 bits per heavy atom. The third-order valence-electron chi connectivity index (χ3n) is 6.10. The van der Waals surface area contributed by atoms with Crippen molar-refractivity contribution in [1.29, 1.82) is 0 Å². The summed E-state index contributed by atoms with van der Waals surface area (Å²) in [5.41, 5.74) is 2.35. The standard InChI is InChI=1S/C26H29N3O4/c1-3-33-22-10-4-19(5-11-22)17-27-25(31)20-6-8-21(9-7-20)29-24(30)16-23(26(29)32)28-14-12-18(2)13-15-28/h4-11,16,18H,3,12-15,17H2,1-2H3,(H,27,31). The van der Waals surface area contributed by atoms with Crippen molar-refractivity contribution < 1.29 is 19.1 Å². The van der Waals surface area contributed by atoms with E-state index in [4.69, 9.17) is 4.74 Å². The average molecular weight is 448 g/mol. The number of hydrogen-bond donors (Lipinski definition) is 1. The molecule has 0 unspecified atom stereocenters. The molecule has 0 aliphatic carbocycles. The lowest BCUT2D eigenvalue weighted by molar-refractivity contribution is -0.121. The number of anilines is 1. The lowest BCUT2D eigenvalue weighted by Crippen LogP contribution is -2.38. The van der Waals surface area contributed by atoms with Crippen LogP contribution < -0.4 is 15.0 Å². The Morgan fingerprint density at radius 1 is 1.03 bits per heavy atom. The first kappa shape index (κ1) is 22.6. The molecule has 2 aromatic rings. The van der Waals surface area contributed by atoms with Crippen molar-refractivity contribution in [2.75, 3.05) is 24.6 Å². The summed E-state index contributed by atoms with van der Waals surface area (Å²) in [4.78, 5) is 41.2. The number of nitrogens with one attached hydrogen (secondary N) is 1. The van der Waals surface area contributed by atoms with Gasteiger partial charge in [0, 0.05) is 31.3 Å². The zero-order valence-electron chi connectivity index (χ0n) is 19.0. The van der Waals surface area contributed by atoms with Crippen LogP contribution in [0.25, 0.3) is 0 Å². The van der Waals surface area contributed by atoms with Gasteiger partial charge in [-0.15, -0.1) is 0 Å². The highest BCUT2D eigenvalue weighted by Crippen LogP contribution is 2.28. The smallest absolute Gasteiger partial charge is 0.281 e. The fraction of sp³-hybridized carbons (Fsp3) is 0.346. The van der Waals surface area contributed by atoms with E-state index in [0.29, 0.717) is 36.0 Å². The minimum atomic E-state index is -0.346. The van der Waals surface area contributed by atoms with Crippen LogP contribution in [0.2, 0.25) is 0 Å². The van der Waals surface area contributed by atoms with Gasteiger partial charge in [0.1, 0.15) is 11.4 Å². The Kier molecular flexibility index (Phi) is 6.77. The zero-order valence-corrected chi connectivity index (χ0v) is 19.0. The Bertz CT molecular complexity index is 1050. The molecular weight excluding hydrogens is 418 g/mol. The lowest BCUT2D eigenvalue weighted by atomic mass is 9.99. The van der Waals surface area contributed by atoms with E-state index in [-0.39, 0.29) is 17.7 Å². The van der Waals surface area contributed by atoms with E-state index in [0.717, 1.165) is 37.2 Å². The second-order valence-corrected chi connectivity index (χ2v) is 8.48. The molecular formula is C26H29N3O4. The number of carbonyl (C=O) groups is 3. The van der Waals surface area contributed by atoms with Crippen molar-refractivity contribution in [3.05, 3.63) is 71.4 Å². The van der Waals surface area contributed by atoms with Gasteiger partial charge in [-0.25, -0.2) is 4.90 Å². The number of ether oxygens (including phenoxy) is 1. The van der Waals surface area contributed by atoms with Crippen molar-refractivity contribution >= 4 is 23.4 Å². The van der Waals surface area contributed by atoms with Gasteiger partial charge in [-0.1, -0.05) is 19.1 Å². The normalized spacial score (nSPS) is 16.7. The Balaban J connectivity index is 1.36. The highest BCUT2D eigenvalue weighted by molar-refractivity contribution is 6.30. The molecule has 7 heteroatoms. The molecule has 2 aliphatic heterocycles. The van der Waals surface area contributed by atoms with Crippen LogP contribution in [-0.2, 0) is 16.1 Å². The predicted molar refractivity (Wildman–Crippen MR) is 126 cm³/mol. The van der Waals surface area contributed by atoms with Crippen LogP contribution >= 0.6 is 0 Å². The van der Waals surface area contributed by atoms with Gasteiger partial charge in [0.05, 0.1) is 12.3 Å². The molecule has 2 heterocycles. The maximum atomic E-state index is 12.9. The first-order valence-electron chi connectivity index (χ1n) is 11.4. The van der Waals surface area contributed by atoms with E-state index in [1.807, 2.05) is 36.1 Å². The number of piperidine rings is 1. The first-order chi connectivity index (χ1) is 16.0. The molecule has 0 aromatic heterocycles. The minimum Gasteiger partial charge on any atom is -0.494 e. The summed E-state index contributed by atoms with van der Waals surface area (Å²) in [5, 5.41) is 2.88. The molecule has 0 atom stereocenters. The van der Waals surface area contributed by atoms with Crippen molar-refractivity contribution in [2.24, 2.45) is 5.92 Å². The van der Waals surface area contributed by atoms with Gasteiger partial charge < -0.3 is 15.0 Å². The molecule has 33 heavy (non-hydrogen) atoms. The van der Waals surface area contributed by atoms with Gasteiger partial charge in [0.15, 0.2) is 0 Å². The highest BCUT2D eigenvalue weighted by atomic mass is 16.5. The van der Waals surface area contributed by atoms with E-state index < -0.39 is 0 Å². The minimum absolute atomic E-state index is 0.226. The van der Waals surface area contributed by atoms with E-state index in [1.54, 1.807) is 24.3 Å². The Labute approximate surface area is 194 Å². The first-order valence-corrected chi connectivity index (χ1v) is 11.4. The molecule has 3 amide bonds. The van der Waals surface area contributed by atoms with Gasteiger partial charge in [-0.2, -0.15) is 0 Å². The Morgan fingerprint density at radius 3 is 2.33 bits per heavy atom. The van der Waals surface area contributed by atoms with E-state index in [2.05, 4.69) is 12.2 Å². The van der Waals surface area contributed by atoms with Gasteiger partial charge in [-0.3, -0.25) is 14.4 Å². The highest BCUT2D eigenvalue weighted by Gasteiger charge is 2.36. The third kappa shape index (κ3) is 5.08. The number of benzene rings is 2. The van der Waals surface area contributed by atoms with Gasteiger partial charge in [0.2, 0.25) is 0 Å². The van der Waals surface area contributed by atoms with Crippen molar-refractivity contribution in [2.45, 2.75) is 33.2 Å². The number of imide groups is 1. The lowest BCUT2D eigenvalue weighted by Gasteiger charge is -2.32. The summed E-state index contributed by atoms with van der Waals surface area (Å²) in [5.74, 6) is 0.555. The average Bonchev–Trinajstić information content (AvgIpc) is 3.13. The van der Waals surface area contributed by atoms with Crippen LogP contribution in [0.3, 0.4) is 0 Å². The summed E-state index contributed by atoms with van der Waals surface area (Å²) >= 11 is 0. The van der Waals surface area contributed by atoms with Gasteiger partial charge in [0.25, 0.3) is 17.7 Å². The Hall–Kier alpha value is -3.61. The maximum absolute atomic E-state index is 12.9. The fourth-order valence-corrected chi connectivity index (χ4v) is 4.09. The predicted octanol–water partition coefficient (Wildman–Crippen LogP) is 3.50. The van der Waals surface area contributed by atoms with Crippen LogP contribution in [0.1, 0.15) is 42.6 Å². The van der Waals surface area contributed by atoms with Crippen molar-refractivity contribution in [1.82, 2.24) is 10.2 Å². The zero-order chi connectivity index (χ0) is 23.4. The number of rotatable bonds is 7. The molecule has 2 aromatic carbocycles. The molecule has 7 nitrogen and oxygen atoms in total. The molecule has 172 valence electrons. The van der Waals surface area contributed by atoms with Crippen molar-refractivity contribution in [3.63, 3.8) is 0 Å². The molecule has 0 radical (unpaired) electrons. The summed E-state index contributed by atoms with van der Waals surface area (Å²) in [7, 11) is 0. The molecule has 1 saturated heterocycles. The summed E-state index contributed by atoms with van der Waals surface area (Å²) in [6.45, 7) is 6.70. The van der Waals surface area contributed by atoms with Gasteiger partial charge in [-0.05, 0) is 67.6 Å². The largest absolute Gasteiger partial charge is 0.494 e. The molecule has 0 saturated carbocycles. The second-order valence-electron chi connectivity index (χ2n) is 8.48. The monoisotopic (exact) mass is 447 g/mol. The molecule has 1 N–H and O–H groups in total. The van der Waals surface area contributed by atoms with E-state index >= 15 is 0 Å². The second kappa shape index (κ2) is 9.90. The number of amides is 3. The quantitative estimate of drug-likeness (QED) is 0.658. The SMILES string of the molecule is CCOc1ccc(CNC(=O)c2ccc(N3C(=O)C=C(N4CCC(C)CC4)C3=O)cc2)cc1. The topological polar surface area (TPSA) is 79.0 Å². The van der Waals surface area contributed by atoms with Crippen LogP contribution in [0, 0.1) is 5.92 Å². The number of hydrogen-bond acceptors (Lipinski definition) is 5. The van der Waals surface area contributed by atoms with Gasteiger partial charge >= 0.3 is 0 Å². The van der Waals surface area contributed by atoms with E-state index in [9.17, 15) is 14.4 Å². The van der Waals surface area contributed by atoms with Crippen LogP contribution in [0.15, 0.2) is 60.3 Å². The molecule has 1 fully saturated rings. The number of likely N-dealkylation sites (tertiary alicyclic amines) is 1. The fourth-order valence-electron chi connectivity index (χ4n) is 4.09. The third-order valence-corrected chi connectivity index (χ3v) is 6.10. The summed E-state index contributed by atoms with van der Waals surface area (Å²) in [6.07, 6.45) is 3.45. The summed E-state index contributed by atoms with van der Waals surface area (Å²) < 4.78 is 5.42.